The summed E-state index contributed by atoms with van der Waals surface area (Å²) in [4.78, 5) is 60.1. The van der Waals surface area contributed by atoms with Crippen LogP contribution >= 0.6 is 0 Å². The topological polar surface area (TPSA) is 74.8 Å². The van der Waals surface area contributed by atoms with E-state index in [1.54, 1.807) is 12.1 Å². The molecule has 15 aromatic rings. The minimum Gasteiger partial charge on any atom is -0.310 e. The fourth-order valence-electron chi connectivity index (χ4n) is 14.4. The SMILES string of the molecule is CCc1cc2cc(N(c3ccc(-c4ccc5cc(N(c6ccc7ccccc7c6)c6ccc7cc(/C=C8/C(=O)c9ccc(C)cc9C8=O)c(C)cc7c6)ccc5c4)cc3)c3ccc4ccccc4c3)ccc2cc1/C=C1/C(=O)c2cc3ccc(-c4ccccc4)cc3cc2C1=O. The van der Waals surface area contributed by atoms with E-state index >= 15 is 0 Å². The summed E-state index contributed by atoms with van der Waals surface area (Å²) >= 11 is 0. The zero-order chi connectivity index (χ0) is 64.9. The van der Waals surface area contributed by atoms with Gasteiger partial charge in [-0.25, -0.2) is 0 Å². The van der Waals surface area contributed by atoms with Crippen LogP contribution in [0.1, 0.15) is 76.2 Å². The highest BCUT2D eigenvalue weighted by atomic mass is 16.2. The van der Waals surface area contributed by atoms with Crippen molar-refractivity contribution in [3.05, 3.63) is 346 Å². The van der Waals surface area contributed by atoms with Crippen molar-refractivity contribution < 1.29 is 19.2 Å². The number of anilines is 6. The highest BCUT2D eigenvalue weighted by molar-refractivity contribution is 6.42. The molecule has 2 aliphatic rings. The molecule has 0 spiro atoms. The summed E-state index contributed by atoms with van der Waals surface area (Å²) in [5.74, 6) is -0.929. The lowest BCUT2D eigenvalue weighted by Crippen LogP contribution is -2.10. The summed E-state index contributed by atoms with van der Waals surface area (Å²) in [6, 6.07) is 99.5. The first kappa shape index (κ1) is 57.5. The van der Waals surface area contributed by atoms with Crippen molar-refractivity contribution in [2.75, 3.05) is 9.80 Å². The maximum atomic E-state index is 14.2. The Hall–Kier alpha value is -12.4. The van der Waals surface area contributed by atoms with Gasteiger partial charge in [0.15, 0.2) is 23.1 Å². The summed E-state index contributed by atoms with van der Waals surface area (Å²) in [7, 11) is 0. The van der Waals surface area contributed by atoms with E-state index in [2.05, 4.69) is 247 Å². The van der Waals surface area contributed by atoms with Gasteiger partial charge in [-0.1, -0.05) is 182 Å². The van der Waals surface area contributed by atoms with Crippen LogP contribution in [0.15, 0.2) is 296 Å². The van der Waals surface area contributed by atoms with Crippen LogP contribution < -0.4 is 9.80 Å². The molecule has 0 aromatic heterocycles. The van der Waals surface area contributed by atoms with Crippen LogP contribution in [0.2, 0.25) is 0 Å². The summed E-state index contributed by atoms with van der Waals surface area (Å²) in [6.45, 7) is 6.09. The summed E-state index contributed by atoms with van der Waals surface area (Å²) < 4.78 is 0. The molecule has 454 valence electrons. The number of rotatable bonds is 11. The van der Waals surface area contributed by atoms with Crippen molar-refractivity contribution in [3.8, 4) is 22.3 Å². The molecule has 0 radical (unpaired) electrons. The van der Waals surface area contributed by atoms with Crippen LogP contribution in [0.3, 0.4) is 0 Å². The Morgan fingerprint density at radius 1 is 0.271 bits per heavy atom. The average molecular weight is 1230 g/mol. The molecular formula is C90H60N2O4. The number of allylic oxidation sites excluding steroid dienone is 2. The zero-order valence-electron chi connectivity index (χ0n) is 53.0. The Balaban J connectivity index is 0.680. The summed E-state index contributed by atoms with van der Waals surface area (Å²) in [6.07, 6.45) is 4.28. The second-order valence-electron chi connectivity index (χ2n) is 25.5. The second-order valence-corrected chi connectivity index (χ2v) is 25.5. The molecule has 0 aliphatic heterocycles. The molecular weight excluding hydrogens is 1170 g/mol. The lowest BCUT2D eigenvalue weighted by atomic mass is 9.96. The van der Waals surface area contributed by atoms with E-state index in [0.717, 1.165) is 143 Å². The predicted molar refractivity (Wildman–Crippen MR) is 397 cm³/mol. The number of carbonyl (C=O) groups is 4. The molecule has 6 heteroatoms. The van der Waals surface area contributed by atoms with Gasteiger partial charge in [-0.2, -0.15) is 0 Å². The summed E-state index contributed by atoms with van der Waals surface area (Å²) in [5.41, 5.74) is 17.3. The first-order chi connectivity index (χ1) is 46.9. The van der Waals surface area contributed by atoms with Crippen molar-refractivity contribution in [1.29, 1.82) is 0 Å². The van der Waals surface area contributed by atoms with Crippen LogP contribution in [0.25, 0.3) is 99.0 Å². The standard InChI is InChI=1S/C90H60N2O4/c1-4-56-40-72-49-79(35-29-67(72)44-73(56)53-86-89(95)83-50-69-22-20-64(57-12-6-5-7-13-57)43-74(69)52-84(83)90(86)96)91(76-32-25-58-14-8-10-16-61(58)45-76)75-30-23-60(24-31-75)63-19-21-68-47-78(34-27-65(68)41-63)92(77-33-26-59-15-9-11-17-62(59)46-77)80-36-28-66-42-70(55(3)39-71(66)48-80)51-85-87(93)81-37-18-54(2)38-82(81)88(85)94/h5-53H,4H2,1-3H3/b85-51-,86-53-. The Labute approximate surface area is 555 Å². The predicted octanol–water partition coefficient (Wildman–Crippen LogP) is 23.0. The molecule has 96 heavy (non-hydrogen) atoms. The number of carbonyl (C=O) groups excluding carboxylic acids is 4. The van der Waals surface area contributed by atoms with Gasteiger partial charge >= 0.3 is 0 Å². The Morgan fingerprint density at radius 2 is 0.635 bits per heavy atom. The molecule has 0 saturated heterocycles. The molecule has 0 bridgehead atoms. The molecule has 0 atom stereocenters. The van der Waals surface area contributed by atoms with Gasteiger partial charge in [0.05, 0.1) is 11.1 Å². The molecule has 15 aromatic carbocycles. The lowest BCUT2D eigenvalue weighted by molar-refractivity contribution is 0.0975. The van der Waals surface area contributed by atoms with Gasteiger partial charge in [0.25, 0.3) is 0 Å². The minimum atomic E-state index is -0.240. The summed E-state index contributed by atoms with van der Waals surface area (Å²) in [5, 5.41) is 12.8. The van der Waals surface area contributed by atoms with Gasteiger partial charge < -0.3 is 9.80 Å². The Bertz CT molecular complexity index is 5930. The molecule has 6 nitrogen and oxygen atoms in total. The maximum absolute atomic E-state index is 14.2. The van der Waals surface area contributed by atoms with Gasteiger partial charge in [-0.3, -0.25) is 19.2 Å². The highest BCUT2D eigenvalue weighted by Gasteiger charge is 2.35. The first-order valence-electron chi connectivity index (χ1n) is 32.6. The third-order valence-electron chi connectivity index (χ3n) is 19.5. The van der Waals surface area contributed by atoms with Crippen LogP contribution in [0.5, 0.6) is 0 Å². The second kappa shape index (κ2) is 23.0. The van der Waals surface area contributed by atoms with E-state index in [0.29, 0.717) is 28.7 Å². The van der Waals surface area contributed by atoms with E-state index in [9.17, 15) is 19.2 Å². The third-order valence-corrected chi connectivity index (χ3v) is 19.5. The van der Waals surface area contributed by atoms with Crippen molar-refractivity contribution in [3.63, 3.8) is 0 Å². The highest BCUT2D eigenvalue weighted by Crippen LogP contribution is 2.44. The molecule has 0 fully saturated rings. The van der Waals surface area contributed by atoms with Crippen LogP contribution in [0.4, 0.5) is 34.1 Å². The molecule has 17 rings (SSSR count). The number of fused-ring (bicyclic) bond motifs is 8. The van der Waals surface area contributed by atoms with Gasteiger partial charge in [-0.15, -0.1) is 0 Å². The monoisotopic (exact) mass is 1230 g/mol. The first-order valence-corrected chi connectivity index (χ1v) is 32.6. The quantitative estimate of drug-likeness (QED) is 0.0949. The average Bonchev–Trinajstić information content (AvgIpc) is 1.55. The van der Waals surface area contributed by atoms with E-state index < -0.39 is 0 Å². The smallest absolute Gasteiger partial charge is 0.197 e. The molecule has 2 aliphatic carbocycles. The van der Waals surface area contributed by atoms with Crippen molar-refractivity contribution >= 4 is 134 Å². The number of hydrogen-bond acceptors (Lipinski definition) is 6. The largest absolute Gasteiger partial charge is 0.310 e. The van der Waals surface area contributed by atoms with E-state index in [1.165, 1.54) is 5.39 Å². The molecule has 0 N–H and O–H groups in total. The van der Waals surface area contributed by atoms with Gasteiger partial charge in [0.2, 0.25) is 0 Å². The molecule has 0 saturated carbocycles. The van der Waals surface area contributed by atoms with Gasteiger partial charge in [-0.05, 0) is 257 Å². The lowest BCUT2D eigenvalue weighted by Gasteiger charge is -2.27. The number of ketones is 4. The fraction of sp³-hybridized carbons (Fsp3) is 0.0444. The molecule has 0 heterocycles. The Morgan fingerprint density at radius 3 is 1.21 bits per heavy atom. The maximum Gasteiger partial charge on any atom is 0.197 e. The van der Waals surface area contributed by atoms with E-state index in [1.807, 2.05) is 68.5 Å². The van der Waals surface area contributed by atoms with Gasteiger partial charge in [0, 0.05) is 56.4 Å². The van der Waals surface area contributed by atoms with Crippen LogP contribution in [-0.2, 0) is 6.42 Å². The van der Waals surface area contributed by atoms with Crippen molar-refractivity contribution in [2.24, 2.45) is 0 Å². The molecule has 0 unspecified atom stereocenters. The van der Waals surface area contributed by atoms with Crippen LogP contribution in [-0.4, -0.2) is 23.1 Å². The fourth-order valence-corrected chi connectivity index (χ4v) is 14.4. The van der Waals surface area contributed by atoms with E-state index in [4.69, 9.17) is 0 Å². The molecule has 0 amide bonds. The van der Waals surface area contributed by atoms with Crippen molar-refractivity contribution in [1.82, 2.24) is 0 Å². The van der Waals surface area contributed by atoms with Crippen molar-refractivity contribution in [2.45, 2.75) is 27.2 Å². The zero-order valence-corrected chi connectivity index (χ0v) is 53.0. The number of Topliss-reactive ketones (excluding diaryl/α,β-unsaturated/α-hetero) is 4. The van der Waals surface area contributed by atoms with E-state index in [-0.39, 0.29) is 34.3 Å². The van der Waals surface area contributed by atoms with Crippen LogP contribution in [0, 0.1) is 13.8 Å². The number of aryl methyl sites for hydroxylation is 3. The normalized spacial score (nSPS) is 13.7. The number of benzene rings is 15. The third kappa shape index (κ3) is 10.1. The number of nitrogens with zero attached hydrogens (tertiary/aromatic N) is 2. The number of hydrogen-bond donors (Lipinski definition) is 0. The Kier molecular flexibility index (Phi) is 13.8. The van der Waals surface area contributed by atoms with Gasteiger partial charge in [0.1, 0.15) is 0 Å². The minimum absolute atomic E-state index is 0.195.